The van der Waals surface area contributed by atoms with E-state index in [4.69, 9.17) is 11.0 Å². The molecule has 18 heavy (non-hydrogen) atoms. The Bertz CT molecular complexity index is 514. The summed E-state index contributed by atoms with van der Waals surface area (Å²) in [6.45, 7) is 0.264. The molecule has 0 aliphatic rings. The lowest BCUT2D eigenvalue weighted by Gasteiger charge is -2.06. The van der Waals surface area contributed by atoms with E-state index in [1.807, 2.05) is 6.07 Å². The maximum absolute atomic E-state index is 11.9. The number of hydrogen-bond acceptors (Lipinski definition) is 4. The first-order valence-electron chi connectivity index (χ1n) is 5.11. The smallest absolute Gasteiger partial charge is 0.233 e. The van der Waals surface area contributed by atoms with Crippen molar-refractivity contribution in [1.82, 2.24) is 5.32 Å². The number of benzene rings is 1. The summed E-state index contributed by atoms with van der Waals surface area (Å²) in [6.07, 6.45) is 0.234. The number of nitrogens with two attached hydrogens (primary N) is 1. The molecule has 1 unspecified atom stereocenters. The predicted octanol–water partition coefficient (Wildman–Crippen LogP) is 1.17. The normalized spacial score (nSPS) is 11.6. The number of nitrogens with zero attached hydrogens (tertiary/aromatic N) is 1. The number of rotatable bonds is 5. The second kappa shape index (κ2) is 7.13. The number of halogens is 1. The number of anilines is 1. The molecule has 0 spiro atoms. The molecule has 1 rings (SSSR count). The van der Waals surface area contributed by atoms with E-state index >= 15 is 0 Å². The van der Waals surface area contributed by atoms with Gasteiger partial charge in [0.25, 0.3) is 0 Å². The van der Waals surface area contributed by atoms with Gasteiger partial charge < -0.3 is 11.1 Å². The second-order valence-corrected chi connectivity index (χ2v) is 5.77. The topological polar surface area (TPSA) is 96.0 Å². The zero-order valence-electron chi connectivity index (χ0n) is 9.48. The molecule has 0 saturated carbocycles. The van der Waals surface area contributed by atoms with Gasteiger partial charge in [-0.1, -0.05) is 15.9 Å². The zero-order chi connectivity index (χ0) is 13.5. The molecular formula is C11H12BrN3O2S. The van der Waals surface area contributed by atoms with Crippen LogP contribution < -0.4 is 11.1 Å². The van der Waals surface area contributed by atoms with E-state index in [-0.39, 0.29) is 24.6 Å². The number of nitrogens with one attached hydrogen (secondary N) is 1. The molecule has 5 nitrogen and oxygen atoms in total. The van der Waals surface area contributed by atoms with Gasteiger partial charge >= 0.3 is 0 Å². The van der Waals surface area contributed by atoms with Crippen LogP contribution in [0.1, 0.15) is 6.42 Å². The van der Waals surface area contributed by atoms with Crippen LogP contribution in [0.4, 0.5) is 5.69 Å². The molecule has 1 atom stereocenters. The SMILES string of the molecule is N#CCCNC(=O)CS(=O)c1cc(Br)ccc1N. The van der Waals surface area contributed by atoms with Gasteiger partial charge in [-0.2, -0.15) is 5.26 Å². The Morgan fingerprint density at radius 2 is 2.28 bits per heavy atom. The highest BCUT2D eigenvalue weighted by atomic mass is 79.9. The Labute approximate surface area is 116 Å². The highest BCUT2D eigenvalue weighted by Gasteiger charge is 2.13. The van der Waals surface area contributed by atoms with E-state index in [2.05, 4.69) is 21.2 Å². The zero-order valence-corrected chi connectivity index (χ0v) is 11.9. The van der Waals surface area contributed by atoms with E-state index in [1.165, 1.54) is 0 Å². The largest absolute Gasteiger partial charge is 0.398 e. The third-order valence-electron chi connectivity index (χ3n) is 2.04. The first-order chi connectivity index (χ1) is 8.54. The van der Waals surface area contributed by atoms with Crippen LogP contribution in [0.15, 0.2) is 27.6 Å². The Morgan fingerprint density at radius 3 is 2.94 bits per heavy atom. The Hall–Kier alpha value is -1.39. The van der Waals surface area contributed by atoms with Crippen molar-refractivity contribution in [2.24, 2.45) is 0 Å². The molecular weight excluding hydrogens is 318 g/mol. The van der Waals surface area contributed by atoms with Gasteiger partial charge in [-0.3, -0.25) is 9.00 Å². The monoisotopic (exact) mass is 329 g/mol. The maximum atomic E-state index is 11.9. The highest BCUT2D eigenvalue weighted by Crippen LogP contribution is 2.21. The highest BCUT2D eigenvalue weighted by molar-refractivity contribution is 9.10. The molecule has 1 aromatic carbocycles. The fourth-order valence-electron chi connectivity index (χ4n) is 1.21. The molecule has 0 bridgehead atoms. The van der Waals surface area contributed by atoms with Crippen LogP contribution in [0.25, 0.3) is 0 Å². The van der Waals surface area contributed by atoms with Crippen molar-refractivity contribution < 1.29 is 9.00 Å². The maximum Gasteiger partial charge on any atom is 0.233 e. The summed E-state index contributed by atoms with van der Waals surface area (Å²) < 4.78 is 12.7. The number of hydrogen-bond donors (Lipinski definition) is 2. The van der Waals surface area contributed by atoms with Gasteiger partial charge in [-0.15, -0.1) is 0 Å². The van der Waals surface area contributed by atoms with Crippen LogP contribution in [0, 0.1) is 11.3 Å². The molecule has 1 amide bonds. The summed E-state index contributed by atoms with van der Waals surface area (Å²) in [7, 11) is -1.49. The fourth-order valence-corrected chi connectivity index (χ4v) is 2.81. The van der Waals surface area contributed by atoms with Crippen LogP contribution in [0.5, 0.6) is 0 Å². The molecule has 0 aromatic heterocycles. The lowest BCUT2D eigenvalue weighted by molar-refractivity contribution is -0.118. The molecule has 0 aliphatic carbocycles. The van der Waals surface area contributed by atoms with Crippen molar-refractivity contribution in [3.8, 4) is 6.07 Å². The van der Waals surface area contributed by atoms with Crippen molar-refractivity contribution in [3.63, 3.8) is 0 Å². The number of nitriles is 1. The Balaban J connectivity index is 2.63. The molecule has 0 heterocycles. The van der Waals surface area contributed by atoms with Gasteiger partial charge in [0.1, 0.15) is 5.75 Å². The molecule has 0 aliphatic heterocycles. The third kappa shape index (κ3) is 4.47. The van der Waals surface area contributed by atoms with Crippen molar-refractivity contribution in [2.75, 3.05) is 18.0 Å². The van der Waals surface area contributed by atoms with E-state index in [0.29, 0.717) is 10.6 Å². The summed E-state index contributed by atoms with van der Waals surface area (Å²) in [5, 5.41) is 10.8. The minimum atomic E-state index is -1.49. The molecule has 0 radical (unpaired) electrons. The Kier molecular flexibility index (Phi) is 5.82. The van der Waals surface area contributed by atoms with Gasteiger partial charge in [0.15, 0.2) is 0 Å². The summed E-state index contributed by atoms with van der Waals surface area (Å²) in [4.78, 5) is 11.9. The fraction of sp³-hybridized carbons (Fsp3) is 0.273. The van der Waals surface area contributed by atoms with Crippen LogP contribution in [0.2, 0.25) is 0 Å². The summed E-state index contributed by atoms with van der Waals surface area (Å²) in [6, 6.07) is 6.91. The quantitative estimate of drug-likeness (QED) is 0.626. The lowest BCUT2D eigenvalue weighted by atomic mass is 10.3. The number of amides is 1. The minimum absolute atomic E-state index is 0.161. The first-order valence-corrected chi connectivity index (χ1v) is 7.23. The lowest BCUT2D eigenvalue weighted by Crippen LogP contribution is -2.29. The van der Waals surface area contributed by atoms with Gasteiger partial charge in [0.2, 0.25) is 5.91 Å². The summed E-state index contributed by atoms with van der Waals surface area (Å²) >= 11 is 3.26. The van der Waals surface area contributed by atoms with E-state index in [9.17, 15) is 9.00 Å². The minimum Gasteiger partial charge on any atom is -0.398 e. The van der Waals surface area contributed by atoms with Crippen LogP contribution in [-0.2, 0) is 15.6 Å². The van der Waals surface area contributed by atoms with E-state index < -0.39 is 10.8 Å². The predicted molar refractivity (Wildman–Crippen MR) is 73.1 cm³/mol. The molecule has 96 valence electrons. The standard InChI is InChI=1S/C11H12BrN3O2S/c12-8-2-3-9(14)10(6-8)18(17)7-11(16)15-5-1-4-13/h2-3,6H,1,5,7,14H2,(H,15,16). The van der Waals surface area contributed by atoms with Crippen LogP contribution >= 0.6 is 15.9 Å². The molecule has 3 N–H and O–H groups in total. The summed E-state index contributed by atoms with van der Waals surface area (Å²) in [5.41, 5.74) is 6.09. The van der Waals surface area contributed by atoms with Gasteiger partial charge in [0, 0.05) is 16.7 Å². The molecule has 0 fully saturated rings. The molecule has 1 aromatic rings. The Morgan fingerprint density at radius 1 is 1.56 bits per heavy atom. The molecule has 0 saturated heterocycles. The average molecular weight is 330 g/mol. The van der Waals surface area contributed by atoms with Crippen molar-refractivity contribution >= 4 is 38.3 Å². The van der Waals surface area contributed by atoms with Gasteiger partial charge in [-0.25, -0.2) is 0 Å². The first kappa shape index (κ1) is 14.7. The number of carbonyl (C=O) groups excluding carboxylic acids is 1. The van der Waals surface area contributed by atoms with Crippen molar-refractivity contribution in [2.45, 2.75) is 11.3 Å². The second-order valence-electron chi connectivity index (χ2n) is 3.43. The average Bonchev–Trinajstić information content (AvgIpc) is 2.32. The van der Waals surface area contributed by atoms with Crippen LogP contribution in [-0.4, -0.2) is 22.4 Å². The van der Waals surface area contributed by atoms with Crippen molar-refractivity contribution in [3.05, 3.63) is 22.7 Å². The van der Waals surface area contributed by atoms with Crippen molar-refractivity contribution in [1.29, 1.82) is 5.26 Å². The third-order valence-corrected chi connectivity index (χ3v) is 3.90. The number of carbonyl (C=O) groups is 1. The van der Waals surface area contributed by atoms with E-state index in [1.54, 1.807) is 18.2 Å². The van der Waals surface area contributed by atoms with E-state index in [0.717, 1.165) is 4.47 Å². The molecule has 7 heteroatoms. The summed E-state index contributed by atoms with van der Waals surface area (Å²) in [5.74, 6) is -0.519. The van der Waals surface area contributed by atoms with Gasteiger partial charge in [-0.05, 0) is 18.2 Å². The van der Waals surface area contributed by atoms with Gasteiger partial charge in [0.05, 0.1) is 28.2 Å². The number of nitrogen functional groups attached to an aromatic ring is 1. The van der Waals surface area contributed by atoms with Crippen LogP contribution in [0.3, 0.4) is 0 Å².